The van der Waals surface area contributed by atoms with E-state index in [0.29, 0.717) is 19.5 Å². The van der Waals surface area contributed by atoms with Crippen molar-refractivity contribution in [2.45, 2.75) is 44.9 Å². The number of morpholine rings is 1. The van der Waals surface area contributed by atoms with E-state index in [1.807, 2.05) is 49.1 Å². The first-order chi connectivity index (χ1) is 9.56. The highest BCUT2D eigenvalue weighted by Crippen LogP contribution is 2.25. The Morgan fingerprint density at radius 3 is 2.67 bits per heavy atom. The Hall–Kier alpha value is -1.10. The zero-order chi connectivity index (χ0) is 14.5. The monoisotopic (exact) mass is 312 g/mol. The molecule has 5 heteroatoms. The number of nitrogens with two attached hydrogens (primary N) is 1. The molecule has 1 aromatic carbocycles. The van der Waals surface area contributed by atoms with Gasteiger partial charge >= 0.3 is 0 Å². The highest BCUT2D eigenvalue weighted by atomic mass is 35.5. The molecule has 0 bridgehead atoms. The summed E-state index contributed by atoms with van der Waals surface area (Å²) in [5.41, 5.74) is 6.85. The van der Waals surface area contributed by atoms with E-state index in [4.69, 9.17) is 10.5 Å². The van der Waals surface area contributed by atoms with Crippen LogP contribution in [0.3, 0.4) is 0 Å². The number of ether oxygens (including phenoxy) is 1. The third-order valence-electron chi connectivity index (χ3n) is 3.60. The molecule has 1 fully saturated rings. The van der Waals surface area contributed by atoms with Gasteiger partial charge in [-0.2, -0.15) is 0 Å². The number of rotatable bonds is 4. The van der Waals surface area contributed by atoms with Gasteiger partial charge in [-0.3, -0.25) is 4.79 Å². The molecule has 4 nitrogen and oxygen atoms in total. The van der Waals surface area contributed by atoms with Crippen molar-refractivity contribution < 1.29 is 9.53 Å². The Balaban J connectivity index is 0.00000220. The predicted octanol–water partition coefficient (Wildman–Crippen LogP) is 2.52. The van der Waals surface area contributed by atoms with Gasteiger partial charge in [-0.05, 0) is 25.8 Å². The summed E-state index contributed by atoms with van der Waals surface area (Å²) in [5.74, 6) is 0.179. The Labute approximate surface area is 133 Å². The van der Waals surface area contributed by atoms with E-state index in [9.17, 15) is 4.79 Å². The van der Waals surface area contributed by atoms with Crippen LogP contribution in [0.5, 0.6) is 0 Å². The molecule has 1 aromatic rings. The van der Waals surface area contributed by atoms with E-state index in [-0.39, 0.29) is 36.6 Å². The van der Waals surface area contributed by atoms with Crippen LogP contribution in [-0.2, 0) is 9.53 Å². The second-order valence-electron chi connectivity index (χ2n) is 5.66. The number of hydrogen-bond acceptors (Lipinski definition) is 3. The first kappa shape index (κ1) is 18.0. The van der Waals surface area contributed by atoms with Gasteiger partial charge in [-0.15, -0.1) is 12.4 Å². The lowest BCUT2D eigenvalue weighted by atomic mass is 10.1. The van der Waals surface area contributed by atoms with Crippen LogP contribution in [-0.4, -0.2) is 36.0 Å². The van der Waals surface area contributed by atoms with Crippen molar-refractivity contribution in [3.63, 3.8) is 0 Å². The second kappa shape index (κ2) is 8.37. The molecule has 0 saturated carbocycles. The number of carbonyl (C=O) groups is 1. The standard InChI is InChI=1S/C16H24N2O2.ClH/c1-12(17)8-9-16(19)18-10-13(2)20-15(11-18)14-6-4-3-5-7-14;/h3-7,12-13,15H,8-11,17H2,1-2H3;1H. The smallest absolute Gasteiger partial charge is 0.222 e. The fourth-order valence-corrected chi connectivity index (χ4v) is 2.52. The molecule has 1 aliphatic heterocycles. The van der Waals surface area contributed by atoms with Crippen LogP contribution < -0.4 is 5.73 Å². The highest BCUT2D eigenvalue weighted by Gasteiger charge is 2.28. The molecule has 0 spiro atoms. The molecule has 21 heavy (non-hydrogen) atoms. The SMILES string of the molecule is CC(N)CCC(=O)N1CC(C)OC(c2ccccc2)C1.Cl. The molecule has 2 N–H and O–H groups in total. The number of carbonyl (C=O) groups excluding carboxylic acids is 1. The second-order valence-corrected chi connectivity index (χ2v) is 5.66. The molecule has 3 unspecified atom stereocenters. The summed E-state index contributed by atoms with van der Waals surface area (Å²) < 4.78 is 5.96. The van der Waals surface area contributed by atoms with Crippen molar-refractivity contribution in [3.05, 3.63) is 35.9 Å². The topological polar surface area (TPSA) is 55.6 Å². The number of hydrogen-bond donors (Lipinski definition) is 1. The summed E-state index contributed by atoms with van der Waals surface area (Å²) in [6.45, 7) is 5.25. The quantitative estimate of drug-likeness (QED) is 0.929. The van der Waals surface area contributed by atoms with Crippen molar-refractivity contribution in [1.29, 1.82) is 0 Å². The van der Waals surface area contributed by atoms with Crippen LogP contribution in [0.25, 0.3) is 0 Å². The fourth-order valence-electron chi connectivity index (χ4n) is 2.52. The average molecular weight is 313 g/mol. The molecule has 0 radical (unpaired) electrons. The summed E-state index contributed by atoms with van der Waals surface area (Å²) in [6.07, 6.45) is 1.29. The summed E-state index contributed by atoms with van der Waals surface area (Å²) >= 11 is 0. The summed E-state index contributed by atoms with van der Waals surface area (Å²) in [7, 11) is 0. The lowest BCUT2D eigenvalue weighted by molar-refractivity contribution is -0.145. The van der Waals surface area contributed by atoms with Gasteiger partial charge < -0.3 is 15.4 Å². The zero-order valence-corrected chi connectivity index (χ0v) is 13.5. The largest absolute Gasteiger partial charge is 0.367 e. The molecule has 1 amide bonds. The third kappa shape index (κ3) is 5.30. The average Bonchev–Trinajstić information content (AvgIpc) is 2.45. The molecular weight excluding hydrogens is 288 g/mol. The maximum absolute atomic E-state index is 12.2. The predicted molar refractivity (Wildman–Crippen MR) is 86.4 cm³/mol. The molecule has 2 rings (SSSR count). The summed E-state index contributed by atoms with van der Waals surface area (Å²) in [5, 5.41) is 0. The van der Waals surface area contributed by atoms with Gasteiger partial charge in [0.25, 0.3) is 0 Å². The summed E-state index contributed by atoms with van der Waals surface area (Å²) in [6, 6.07) is 10.2. The van der Waals surface area contributed by atoms with Gasteiger partial charge in [0.05, 0.1) is 12.6 Å². The van der Waals surface area contributed by atoms with E-state index < -0.39 is 0 Å². The van der Waals surface area contributed by atoms with Gasteiger partial charge in [0.1, 0.15) is 6.10 Å². The van der Waals surface area contributed by atoms with E-state index in [1.165, 1.54) is 0 Å². The molecular formula is C16H25ClN2O2. The van der Waals surface area contributed by atoms with Crippen LogP contribution in [0.2, 0.25) is 0 Å². The molecule has 0 aliphatic carbocycles. The minimum Gasteiger partial charge on any atom is -0.367 e. The molecule has 0 aromatic heterocycles. The normalized spacial score (nSPS) is 23.3. The first-order valence-electron chi connectivity index (χ1n) is 7.30. The van der Waals surface area contributed by atoms with Gasteiger partial charge in [0.2, 0.25) is 5.91 Å². The van der Waals surface area contributed by atoms with Gasteiger partial charge in [-0.1, -0.05) is 30.3 Å². The molecule has 3 atom stereocenters. The van der Waals surface area contributed by atoms with Crippen LogP contribution >= 0.6 is 12.4 Å². The van der Waals surface area contributed by atoms with Crippen molar-refractivity contribution in [1.82, 2.24) is 4.90 Å². The van der Waals surface area contributed by atoms with Gasteiger partial charge in [0.15, 0.2) is 0 Å². The van der Waals surface area contributed by atoms with E-state index in [1.54, 1.807) is 0 Å². The first-order valence-corrected chi connectivity index (χ1v) is 7.30. The van der Waals surface area contributed by atoms with Crippen LogP contribution in [0.1, 0.15) is 38.4 Å². The van der Waals surface area contributed by atoms with E-state index >= 15 is 0 Å². The maximum Gasteiger partial charge on any atom is 0.222 e. The van der Waals surface area contributed by atoms with Crippen molar-refractivity contribution in [3.8, 4) is 0 Å². The highest BCUT2D eigenvalue weighted by molar-refractivity contribution is 5.85. The van der Waals surface area contributed by atoms with Crippen LogP contribution in [0.15, 0.2) is 30.3 Å². The van der Waals surface area contributed by atoms with Crippen LogP contribution in [0.4, 0.5) is 0 Å². The minimum atomic E-state index is -0.0285. The minimum absolute atomic E-state index is 0. The Kier molecular flexibility index (Phi) is 7.15. The molecule has 118 valence electrons. The van der Waals surface area contributed by atoms with Crippen LogP contribution in [0, 0.1) is 0 Å². The number of nitrogens with zero attached hydrogens (tertiary/aromatic N) is 1. The van der Waals surface area contributed by atoms with E-state index in [0.717, 1.165) is 12.0 Å². The Morgan fingerprint density at radius 1 is 1.38 bits per heavy atom. The lowest BCUT2D eigenvalue weighted by Crippen LogP contribution is -2.46. The number of halogens is 1. The maximum atomic E-state index is 12.2. The van der Waals surface area contributed by atoms with Gasteiger partial charge in [-0.25, -0.2) is 0 Å². The van der Waals surface area contributed by atoms with E-state index in [2.05, 4.69) is 0 Å². The Morgan fingerprint density at radius 2 is 2.05 bits per heavy atom. The summed E-state index contributed by atoms with van der Waals surface area (Å²) in [4.78, 5) is 14.2. The van der Waals surface area contributed by atoms with Crippen molar-refractivity contribution >= 4 is 18.3 Å². The zero-order valence-electron chi connectivity index (χ0n) is 12.7. The number of benzene rings is 1. The molecule has 1 aliphatic rings. The third-order valence-corrected chi connectivity index (χ3v) is 3.60. The fraction of sp³-hybridized carbons (Fsp3) is 0.562. The Bertz CT molecular complexity index is 439. The van der Waals surface area contributed by atoms with Crippen molar-refractivity contribution in [2.24, 2.45) is 5.73 Å². The number of amides is 1. The molecule has 1 saturated heterocycles. The van der Waals surface area contributed by atoms with Crippen molar-refractivity contribution in [2.75, 3.05) is 13.1 Å². The molecule has 1 heterocycles. The lowest BCUT2D eigenvalue weighted by Gasteiger charge is -2.37. The van der Waals surface area contributed by atoms with Gasteiger partial charge in [0, 0.05) is 19.0 Å².